The van der Waals surface area contributed by atoms with Crippen molar-refractivity contribution >= 4 is 11.9 Å². The van der Waals surface area contributed by atoms with Gasteiger partial charge in [-0.15, -0.1) is 0 Å². The molecule has 1 unspecified atom stereocenters. The average molecular weight is 277 g/mol. The maximum absolute atomic E-state index is 11.8. The monoisotopic (exact) mass is 277 g/mol. The number of ether oxygens (including phenoxy) is 1. The summed E-state index contributed by atoms with van der Waals surface area (Å²) in [6, 6.07) is 7.63. The van der Waals surface area contributed by atoms with Gasteiger partial charge in [0.05, 0.1) is 6.54 Å². The van der Waals surface area contributed by atoms with Gasteiger partial charge in [-0.3, -0.25) is 9.59 Å². The molecule has 1 aliphatic rings. The van der Waals surface area contributed by atoms with Crippen molar-refractivity contribution in [2.45, 2.75) is 32.8 Å². The number of carboxylic acids is 1. The highest BCUT2D eigenvalue weighted by molar-refractivity contribution is 6.04. The van der Waals surface area contributed by atoms with Crippen molar-refractivity contribution in [2.24, 2.45) is 5.41 Å². The molecule has 1 aromatic carbocycles. The zero-order valence-corrected chi connectivity index (χ0v) is 11.7. The average Bonchev–Trinajstić information content (AvgIpc) is 3.20. The van der Waals surface area contributed by atoms with E-state index in [2.05, 4.69) is 5.32 Å². The number of carbonyl (C=O) groups excluding carboxylic acids is 1. The number of aryl methyl sites for hydroxylation is 1. The van der Waals surface area contributed by atoms with Gasteiger partial charge in [-0.2, -0.15) is 0 Å². The van der Waals surface area contributed by atoms with Gasteiger partial charge in [0.2, 0.25) is 5.91 Å². The Morgan fingerprint density at radius 3 is 2.45 bits per heavy atom. The maximum atomic E-state index is 11.8. The summed E-state index contributed by atoms with van der Waals surface area (Å²) in [5, 5.41) is 11.7. The van der Waals surface area contributed by atoms with Crippen LogP contribution in [0.15, 0.2) is 24.3 Å². The van der Waals surface area contributed by atoms with Crippen molar-refractivity contribution < 1.29 is 19.4 Å². The molecular weight excluding hydrogens is 258 g/mol. The molecule has 1 amide bonds. The predicted molar refractivity (Wildman–Crippen MR) is 73.6 cm³/mol. The predicted octanol–water partition coefficient (Wildman–Crippen LogP) is 1.74. The highest BCUT2D eigenvalue weighted by atomic mass is 16.5. The maximum Gasteiger partial charge on any atom is 0.319 e. The van der Waals surface area contributed by atoms with Crippen molar-refractivity contribution in [2.75, 3.05) is 6.54 Å². The molecule has 5 heteroatoms. The lowest BCUT2D eigenvalue weighted by Crippen LogP contribution is -2.41. The number of nitrogens with one attached hydrogen (secondary N) is 1. The summed E-state index contributed by atoms with van der Waals surface area (Å²) in [5.41, 5.74) is -0.0423. The van der Waals surface area contributed by atoms with Crippen LogP contribution in [-0.4, -0.2) is 29.6 Å². The first-order valence-corrected chi connectivity index (χ1v) is 6.69. The second-order valence-electron chi connectivity index (χ2n) is 5.34. The Kier molecular flexibility index (Phi) is 3.97. The second kappa shape index (κ2) is 5.53. The van der Waals surface area contributed by atoms with Crippen molar-refractivity contribution in [3.63, 3.8) is 0 Å². The lowest BCUT2D eigenvalue weighted by atomic mass is 10.1. The number of carbonyl (C=O) groups is 2. The van der Waals surface area contributed by atoms with Crippen LogP contribution in [0.3, 0.4) is 0 Å². The Balaban J connectivity index is 1.81. The normalized spacial score (nSPS) is 17.1. The van der Waals surface area contributed by atoms with E-state index in [9.17, 15) is 9.59 Å². The smallest absolute Gasteiger partial charge is 0.319 e. The number of aliphatic carboxylic acids is 1. The molecule has 1 aromatic rings. The lowest BCUT2D eigenvalue weighted by molar-refractivity contribution is -0.149. The summed E-state index contributed by atoms with van der Waals surface area (Å²) in [5.74, 6) is -0.719. The van der Waals surface area contributed by atoms with E-state index < -0.39 is 17.3 Å². The number of hydrogen-bond acceptors (Lipinski definition) is 3. The minimum Gasteiger partial charge on any atom is -0.489 e. The van der Waals surface area contributed by atoms with E-state index in [0.717, 1.165) is 11.3 Å². The quantitative estimate of drug-likeness (QED) is 0.777. The molecule has 1 atom stereocenters. The largest absolute Gasteiger partial charge is 0.489 e. The first kappa shape index (κ1) is 14.4. The first-order chi connectivity index (χ1) is 9.44. The Hall–Kier alpha value is -2.04. The number of carboxylic acid groups (broad SMARTS) is 1. The van der Waals surface area contributed by atoms with E-state index in [0.29, 0.717) is 19.4 Å². The van der Waals surface area contributed by atoms with Crippen molar-refractivity contribution in [1.29, 1.82) is 0 Å². The Labute approximate surface area is 117 Å². The SMILES string of the molecule is Cc1ccc(OC(C)CNC(=O)C2(C(=O)O)CC2)cc1. The molecule has 1 aliphatic carbocycles. The molecule has 20 heavy (non-hydrogen) atoms. The molecule has 0 heterocycles. The van der Waals surface area contributed by atoms with Crippen LogP contribution in [0.1, 0.15) is 25.3 Å². The fraction of sp³-hybridized carbons (Fsp3) is 0.467. The molecule has 0 saturated heterocycles. The summed E-state index contributed by atoms with van der Waals surface area (Å²) in [7, 11) is 0. The van der Waals surface area contributed by atoms with E-state index in [1.54, 1.807) is 0 Å². The molecule has 1 saturated carbocycles. The summed E-state index contributed by atoms with van der Waals surface area (Å²) in [6.07, 6.45) is 0.620. The fourth-order valence-electron chi connectivity index (χ4n) is 1.96. The lowest BCUT2D eigenvalue weighted by Gasteiger charge is -2.17. The molecule has 0 aliphatic heterocycles. The van der Waals surface area contributed by atoms with Gasteiger partial charge in [0, 0.05) is 0 Å². The summed E-state index contributed by atoms with van der Waals surface area (Å²) in [6.45, 7) is 4.12. The zero-order chi connectivity index (χ0) is 14.8. The van der Waals surface area contributed by atoms with Crippen LogP contribution in [-0.2, 0) is 9.59 Å². The molecule has 0 aromatic heterocycles. The standard InChI is InChI=1S/C15H19NO4/c1-10-3-5-12(6-4-10)20-11(2)9-16-13(17)15(7-8-15)14(18)19/h3-6,11H,7-9H2,1-2H3,(H,16,17)(H,18,19). The molecule has 1 fully saturated rings. The van der Waals surface area contributed by atoms with Crippen molar-refractivity contribution in [3.8, 4) is 5.75 Å². The van der Waals surface area contributed by atoms with Crippen molar-refractivity contribution in [3.05, 3.63) is 29.8 Å². The molecule has 0 radical (unpaired) electrons. The van der Waals surface area contributed by atoms with Crippen LogP contribution in [0.5, 0.6) is 5.75 Å². The van der Waals surface area contributed by atoms with Gasteiger partial charge in [0.15, 0.2) is 0 Å². The van der Waals surface area contributed by atoms with E-state index >= 15 is 0 Å². The molecule has 5 nitrogen and oxygen atoms in total. The minimum atomic E-state index is -1.19. The van der Waals surface area contributed by atoms with E-state index in [1.807, 2.05) is 38.1 Å². The molecule has 2 rings (SSSR count). The number of hydrogen-bond donors (Lipinski definition) is 2. The Morgan fingerprint density at radius 2 is 1.95 bits per heavy atom. The van der Waals surface area contributed by atoms with E-state index in [1.165, 1.54) is 0 Å². The van der Waals surface area contributed by atoms with Gasteiger partial charge in [0.1, 0.15) is 17.3 Å². The third-order valence-corrected chi connectivity index (χ3v) is 3.50. The van der Waals surface area contributed by atoms with Crippen LogP contribution in [0.25, 0.3) is 0 Å². The number of benzene rings is 1. The topological polar surface area (TPSA) is 75.6 Å². The van der Waals surface area contributed by atoms with Gasteiger partial charge < -0.3 is 15.2 Å². The van der Waals surface area contributed by atoms with Gasteiger partial charge in [-0.05, 0) is 38.8 Å². The minimum absolute atomic E-state index is 0.216. The van der Waals surface area contributed by atoms with E-state index in [4.69, 9.17) is 9.84 Å². The van der Waals surface area contributed by atoms with Gasteiger partial charge >= 0.3 is 5.97 Å². The summed E-state index contributed by atoms with van der Waals surface area (Å²) >= 11 is 0. The van der Waals surface area contributed by atoms with Gasteiger partial charge in [0.25, 0.3) is 0 Å². The molecule has 2 N–H and O–H groups in total. The third-order valence-electron chi connectivity index (χ3n) is 3.50. The molecule has 0 spiro atoms. The van der Waals surface area contributed by atoms with E-state index in [-0.39, 0.29) is 6.10 Å². The highest BCUT2D eigenvalue weighted by Gasteiger charge is 2.56. The number of amides is 1. The zero-order valence-electron chi connectivity index (χ0n) is 11.7. The van der Waals surface area contributed by atoms with Gasteiger partial charge in [-0.25, -0.2) is 0 Å². The summed E-state index contributed by atoms with van der Waals surface area (Å²) < 4.78 is 5.65. The van der Waals surface area contributed by atoms with Crippen LogP contribution in [0.2, 0.25) is 0 Å². The van der Waals surface area contributed by atoms with Gasteiger partial charge in [-0.1, -0.05) is 17.7 Å². The fourth-order valence-corrected chi connectivity index (χ4v) is 1.96. The second-order valence-corrected chi connectivity index (χ2v) is 5.34. The summed E-state index contributed by atoms with van der Waals surface area (Å²) in [4.78, 5) is 22.8. The van der Waals surface area contributed by atoms with Crippen LogP contribution >= 0.6 is 0 Å². The Bertz CT molecular complexity index is 505. The number of rotatable bonds is 6. The van der Waals surface area contributed by atoms with Crippen LogP contribution in [0, 0.1) is 12.3 Å². The Morgan fingerprint density at radius 1 is 1.35 bits per heavy atom. The molecule has 0 bridgehead atoms. The molecule has 108 valence electrons. The highest BCUT2D eigenvalue weighted by Crippen LogP contribution is 2.46. The van der Waals surface area contributed by atoms with Crippen LogP contribution in [0.4, 0.5) is 0 Å². The third kappa shape index (κ3) is 3.10. The van der Waals surface area contributed by atoms with Crippen LogP contribution < -0.4 is 10.1 Å². The molecular formula is C15H19NO4. The van der Waals surface area contributed by atoms with Crippen molar-refractivity contribution in [1.82, 2.24) is 5.32 Å². The first-order valence-electron chi connectivity index (χ1n) is 6.69.